The molecule has 11 aromatic rings. The van der Waals surface area contributed by atoms with Crippen molar-refractivity contribution in [2.45, 2.75) is 0 Å². The zero-order chi connectivity index (χ0) is 39.6. The average Bonchev–Trinajstić information content (AvgIpc) is 3.85. The summed E-state index contributed by atoms with van der Waals surface area (Å²) in [6.07, 6.45) is 2.39. The van der Waals surface area contributed by atoms with Gasteiger partial charge >= 0.3 is 0 Å². The number of hydrogen-bond donors (Lipinski definition) is 0. The molecule has 1 aliphatic heterocycles. The zero-order valence-corrected chi connectivity index (χ0v) is 34.0. The molecule has 280 valence electrons. The Morgan fingerprint density at radius 2 is 0.833 bits per heavy atom. The summed E-state index contributed by atoms with van der Waals surface area (Å²) < 4.78 is 2.45. The van der Waals surface area contributed by atoms with Gasteiger partial charge in [0.2, 0.25) is 0 Å². The minimum absolute atomic E-state index is 1.17. The fraction of sp³-hybridized carbons (Fsp3) is 0. The van der Waals surface area contributed by atoms with E-state index in [0.717, 1.165) is 0 Å². The lowest BCUT2D eigenvalue weighted by Gasteiger charge is -2.32. The summed E-state index contributed by atoms with van der Waals surface area (Å²) in [4.78, 5) is 0. The SMILES string of the molecule is c1ccc(-c2ccc3c(c2)[Si](c2ccccc2)(c2ccccc2)c2cc(-n4cc(-c5cccc6ccccc56)c5cc(-c6cccc7ccccc67)ccc54)ccc2-3)cc1. The van der Waals surface area contributed by atoms with Crippen LogP contribution in [0.15, 0.2) is 237 Å². The predicted molar refractivity (Wildman–Crippen MR) is 257 cm³/mol. The summed E-state index contributed by atoms with van der Waals surface area (Å²) in [6.45, 7) is 0. The van der Waals surface area contributed by atoms with Crippen LogP contribution < -0.4 is 20.7 Å². The van der Waals surface area contributed by atoms with Crippen molar-refractivity contribution in [1.29, 1.82) is 0 Å². The molecule has 12 rings (SSSR count). The van der Waals surface area contributed by atoms with Crippen LogP contribution in [0, 0.1) is 0 Å². The lowest BCUT2D eigenvalue weighted by atomic mass is 9.94. The topological polar surface area (TPSA) is 4.93 Å². The Kier molecular flexibility index (Phi) is 7.94. The molecule has 0 fully saturated rings. The van der Waals surface area contributed by atoms with Gasteiger partial charge in [0.1, 0.15) is 0 Å². The molecule has 0 amide bonds. The van der Waals surface area contributed by atoms with E-state index in [2.05, 4.69) is 241 Å². The van der Waals surface area contributed by atoms with Crippen molar-refractivity contribution in [2.24, 2.45) is 0 Å². The molecule has 10 aromatic carbocycles. The zero-order valence-electron chi connectivity index (χ0n) is 33.0. The summed E-state index contributed by atoms with van der Waals surface area (Å²) >= 11 is 0. The number of aromatic nitrogens is 1. The molecule has 0 radical (unpaired) electrons. The Morgan fingerprint density at radius 3 is 1.52 bits per heavy atom. The van der Waals surface area contributed by atoms with Crippen LogP contribution in [0.1, 0.15) is 0 Å². The van der Waals surface area contributed by atoms with E-state index in [0.29, 0.717) is 0 Å². The lowest BCUT2D eigenvalue weighted by Crippen LogP contribution is -2.72. The smallest absolute Gasteiger partial charge is 0.180 e. The number of rotatable bonds is 6. The van der Waals surface area contributed by atoms with Gasteiger partial charge in [-0.2, -0.15) is 0 Å². The van der Waals surface area contributed by atoms with E-state index in [1.54, 1.807) is 0 Å². The first kappa shape index (κ1) is 34.5. The van der Waals surface area contributed by atoms with E-state index >= 15 is 0 Å². The fourth-order valence-electron chi connectivity index (χ4n) is 10.2. The van der Waals surface area contributed by atoms with Crippen LogP contribution in [-0.4, -0.2) is 12.6 Å². The van der Waals surface area contributed by atoms with Gasteiger partial charge < -0.3 is 4.57 Å². The third-order valence-electron chi connectivity index (χ3n) is 12.9. The Bertz CT molecular complexity index is 3370. The number of hydrogen-bond acceptors (Lipinski definition) is 0. The van der Waals surface area contributed by atoms with E-state index in [1.165, 1.54) is 103 Å². The Labute approximate surface area is 351 Å². The van der Waals surface area contributed by atoms with E-state index in [9.17, 15) is 0 Å². The van der Waals surface area contributed by atoms with E-state index < -0.39 is 8.07 Å². The van der Waals surface area contributed by atoms with Gasteiger partial charge in [-0.3, -0.25) is 0 Å². The standard InChI is InChI=1S/C58H39NSi/c1-4-16-40(17-5-1)43-30-33-52-53-34-32-45(38-58(53)60(57(52)37-43,46-22-6-2-7-23-46)47-24-8-3-9-25-47)59-39-55(51-29-15-21-42-19-11-13-27-49(42)51)54-36-44(31-35-56(54)59)50-28-14-20-41-18-10-12-26-48(41)50/h1-39H. The van der Waals surface area contributed by atoms with E-state index in [-0.39, 0.29) is 0 Å². The van der Waals surface area contributed by atoms with E-state index in [4.69, 9.17) is 0 Å². The molecule has 1 nitrogen and oxygen atoms in total. The van der Waals surface area contributed by atoms with Crippen LogP contribution in [-0.2, 0) is 0 Å². The molecule has 0 saturated carbocycles. The van der Waals surface area contributed by atoms with Gasteiger partial charge in [0.15, 0.2) is 8.07 Å². The maximum absolute atomic E-state index is 2.81. The molecule has 0 N–H and O–H groups in total. The molecular weight excluding hydrogens is 739 g/mol. The van der Waals surface area contributed by atoms with Gasteiger partial charge in [0, 0.05) is 22.8 Å². The summed E-state index contributed by atoms with van der Waals surface area (Å²) in [5.41, 5.74) is 12.5. The molecule has 0 unspecified atom stereocenters. The van der Waals surface area contributed by atoms with Crippen molar-refractivity contribution in [3.8, 4) is 50.2 Å². The highest BCUT2D eigenvalue weighted by Gasteiger charge is 2.49. The van der Waals surface area contributed by atoms with Gasteiger partial charge in [0.25, 0.3) is 0 Å². The Hall–Kier alpha value is -7.52. The third-order valence-corrected chi connectivity index (χ3v) is 17.7. The molecule has 0 bridgehead atoms. The monoisotopic (exact) mass is 777 g/mol. The van der Waals surface area contributed by atoms with Crippen LogP contribution in [0.4, 0.5) is 0 Å². The average molecular weight is 778 g/mol. The highest BCUT2D eigenvalue weighted by molar-refractivity contribution is 7.22. The van der Waals surface area contributed by atoms with Crippen molar-refractivity contribution in [2.75, 3.05) is 0 Å². The van der Waals surface area contributed by atoms with Crippen molar-refractivity contribution >= 4 is 61.3 Å². The molecule has 60 heavy (non-hydrogen) atoms. The van der Waals surface area contributed by atoms with Crippen molar-refractivity contribution in [3.05, 3.63) is 237 Å². The highest BCUT2D eigenvalue weighted by atomic mass is 28.3. The van der Waals surface area contributed by atoms with Gasteiger partial charge in [-0.25, -0.2) is 0 Å². The quantitative estimate of drug-likeness (QED) is 0.148. The van der Waals surface area contributed by atoms with Crippen molar-refractivity contribution in [1.82, 2.24) is 4.57 Å². The second kappa shape index (κ2) is 13.8. The van der Waals surface area contributed by atoms with Gasteiger partial charge in [0.05, 0.1) is 5.52 Å². The second-order valence-electron chi connectivity index (χ2n) is 16.0. The minimum atomic E-state index is -2.81. The molecule has 0 saturated heterocycles. The third kappa shape index (κ3) is 5.25. The highest BCUT2D eigenvalue weighted by Crippen LogP contribution is 2.41. The first-order valence-electron chi connectivity index (χ1n) is 20.8. The second-order valence-corrected chi connectivity index (χ2v) is 19.8. The van der Waals surface area contributed by atoms with Crippen LogP contribution in [0.3, 0.4) is 0 Å². The molecule has 1 aromatic heterocycles. The maximum atomic E-state index is 2.54. The molecule has 0 atom stereocenters. The summed E-state index contributed by atoms with van der Waals surface area (Å²) in [5.74, 6) is 0. The number of fused-ring (bicyclic) bond motifs is 6. The molecule has 0 aliphatic carbocycles. The summed E-state index contributed by atoms with van der Waals surface area (Å²) in [5, 5.41) is 11.9. The minimum Gasteiger partial charge on any atom is -0.316 e. The normalized spacial score (nSPS) is 12.8. The Balaban J connectivity index is 1.13. The fourth-order valence-corrected chi connectivity index (χ4v) is 15.4. The van der Waals surface area contributed by atoms with Crippen molar-refractivity contribution in [3.63, 3.8) is 0 Å². The van der Waals surface area contributed by atoms with Crippen LogP contribution in [0.2, 0.25) is 0 Å². The lowest BCUT2D eigenvalue weighted by molar-refractivity contribution is 1.13. The summed E-state index contributed by atoms with van der Waals surface area (Å²) in [7, 11) is -2.81. The molecular formula is C58H39NSi. The first-order chi connectivity index (χ1) is 29.8. The largest absolute Gasteiger partial charge is 0.316 e. The number of benzene rings is 10. The van der Waals surface area contributed by atoms with Crippen LogP contribution in [0.5, 0.6) is 0 Å². The van der Waals surface area contributed by atoms with Crippen LogP contribution in [0.25, 0.3) is 82.6 Å². The predicted octanol–water partition coefficient (Wildman–Crippen LogP) is 12.3. The first-order valence-corrected chi connectivity index (χ1v) is 22.8. The molecule has 2 heteroatoms. The molecule has 1 aliphatic rings. The molecule has 0 spiro atoms. The van der Waals surface area contributed by atoms with Crippen LogP contribution >= 0.6 is 0 Å². The molecule has 2 heterocycles. The Morgan fingerprint density at radius 1 is 0.300 bits per heavy atom. The van der Waals surface area contributed by atoms with Gasteiger partial charge in [-0.05, 0) is 106 Å². The van der Waals surface area contributed by atoms with Gasteiger partial charge in [-0.1, -0.05) is 206 Å². The maximum Gasteiger partial charge on any atom is 0.180 e. The number of nitrogens with zero attached hydrogens (tertiary/aromatic N) is 1. The van der Waals surface area contributed by atoms with Gasteiger partial charge in [-0.15, -0.1) is 0 Å². The van der Waals surface area contributed by atoms with Crippen molar-refractivity contribution < 1.29 is 0 Å². The summed E-state index contributed by atoms with van der Waals surface area (Å²) in [6, 6.07) is 85.9. The van der Waals surface area contributed by atoms with E-state index in [1.807, 2.05) is 0 Å².